The Hall–Kier alpha value is -5.06. The van der Waals surface area contributed by atoms with Crippen LogP contribution in [0.1, 0.15) is 212 Å². The fraction of sp³-hybridized carbons (Fsp3) is 0.607. The Balaban J connectivity index is 1.66. The predicted octanol–water partition coefficient (Wildman–Crippen LogP) is 12.6. The van der Waals surface area contributed by atoms with Crippen LogP contribution in [0.15, 0.2) is 103 Å². The van der Waals surface area contributed by atoms with Crippen molar-refractivity contribution in [3.05, 3.63) is 120 Å². The number of hydrogen-bond acceptors (Lipinski definition) is 15. The van der Waals surface area contributed by atoms with Gasteiger partial charge in [0, 0.05) is 6.42 Å². The SMILES string of the molecule is CCCCCCCCCCCCC/C=C/[C@@H](OC(=O)c1ccccc1)[C@H](CO[C@H]1O[C@H](COS(=O)(=O)O)[C@@H](OS(=O)(=O)O)[C@H](OC(=O)c2ccccc2)[C@H]1OC(=O)c1ccccc1)NC(=O)CCCCCCCCCCCCCCC. The highest BCUT2D eigenvalue weighted by Crippen LogP contribution is 2.32. The van der Waals surface area contributed by atoms with E-state index < -0.39 is 101 Å². The molecule has 20 heteroatoms. The van der Waals surface area contributed by atoms with Crippen molar-refractivity contribution in [3.63, 3.8) is 0 Å². The second kappa shape index (κ2) is 39.4. The van der Waals surface area contributed by atoms with Crippen molar-refractivity contribution < 1.29 is 77.2 Å². The van der Waals surface area contributed by atoms with Gasteiger partial charge in [-0.05, 0) is 61.7 Å². The van der Waals surface area contributed by atoms with E-state index >= 15 is 0 Å². The normalized spacial score (nSPS) is 18.2. The summed E-state index contributed by atoms with van der Waals surface area (Å²) in [7, 11) is -10.8. The minimum atomic E-state index is -5.52. The number of unbranched alkanes of at least 4 members (excludes halogenated alkanes) is 23. The lowest BCUT2D eigenvalue weighted by Gasteiger charge is -2.44. The highest BCUT2D eigenvalue weighted by Gasteiger charge is 2.54. The molecule has 81 heavy (non-hydrogen) atoms. The van der Waals surface area contributed by atoms with Gasteiger partial charge >= 0.3 is 38.7 Å². The molecular formula is C61H89NO17S2. The molecule has 1 saturated heterocycles. The van der Waals surface area contributed by atoms with Gasteiger partial charge < -0.3 is 29.0 Å². The molecule has 18 nitrogen and oxygen atoms in total. The lowest BCUT2D eigenvalue weighted by atomic mass is 9.98. The van der Waals surface area contributed by atoms with Crippen LogP contribution in [0.4, 0.5) is 0 Å². The maximum Gasteiger partial charge on any atom is 0.397 e. The molecule has 1 amide bonds. The number of allylic oxidation sites excluding steroid dienone is 1. The number of amides is 1. The molecule has 3 N–H and O–H groups in total. The van der Waals surface area contributed by atoms with Gasteiger partial charge in [0.05, 0.1) is 35.9 Å². The summed E-state index contributed by atoms with van der Waals surface area (Å²) in [6.45, 7) is 2.60. The molecule has 452 valence electrons. The summed E-state index contributed by atoms with van der Waals surface area (Å²) in [6.07, 6.45) is 19.8. The maximum atomic E-state index is 14.1. The van der Waals surface area contributed by atoms with E-state index in [1.54, 1.807) is 48.5 Å². The first-order valence-electron chi connectivity index (χ1n) is 29.4. The van der Waals surface area contributed by atoms with Crippen LogP contribution in [0.2, 0.25) is 0 Å². The van der Waals surface area contributed by atoms with Gasteiger partial charge in [-0.2, -0.15) is 16.8 Å². The number of hydrogen-bond donors (Lipinski definition) is 3. The van der Waals surface area contributed by atoms with E-state index in [1.165, 1.54) is 145 Å². The van der Waals surface area contributed by atoms with Crippen molar-refractivity contribution in [1.29, 1.82) is 0 Å². The number of ether oxygens (including phenoxy) is 5. The second-order valence-electron chi connectivity index (χ2n) is 20.7. The molecule has 7 atom stereocenters. The minimum Gasteiger partial charge on any atom is -0.452 e. The summed E-state index contributed by atoms with van der Waals surface area (Å²) in [5.74, 6) is -3.30. The molecule has 0 aromatic heterocycles. The zero-order valence-corrected chi connectivity index (χ0v) is 49.1. The molecule has 3 aromatic rings. The van der Waals surface area contributed by atoms with Crippen molar-refractivity contribution in [3.8, 4) is 0 Å². The van der Waals surface area contributed by atoms with Crippen molar-refractivity contribution >= 4 is 44.6 Å². The molecular weight excluding hydrogens is 1080 g/mol. The van der Waals surface area contributed by atoms with Crippen LogP contribution in [0, 0.1) is 0 Å². The van der Waals surface area contributed by atoms with Crippen LogP contribution in [-0.4, -0.2) is 106 Å². The van der Waals surface area contributed by atoms with E-state index in [4.69, 9.17) is 27.9 Å². The lowest BCUT2D eigenvalue weighted by molar-refractivity contribution is -0.296. The number of carbonyl (C=O) groups excluding carboxylic acids is 4. The molecule has 0 unspecified atom stereocenters. The Morgan fingerprint density at radius 1 is 0.543 bits per heavy atom. The Labute approximate surface area is 481 Å². The quantitative estimate of drug-likeness (QED) is 0.0156. The average Bonchev–Trinajstić information content (AvgIpc) is 3.49. The first-order chi connectivity index (χ1) is 39.1. The third-order valence-electron chi connectivity index (χ3n) is 14.0. The first kappa shape index (κ1) is 68.4. The van der Waals surface area contributed by atoms with E-state index in [2.05, 4.69) is 23.3 Å². The van der Waals surface area contributed by atoms with Crippen LogP contribution < -0.4 is 5.32 Å². The Kier molecular flexibility index (Phi) is 33.3. The highest BCUT2D eigenvalue weighted by atomic mass is 32.3. The third kappa shape index (κ3) is 29.2. The molecule has 1 fully saturated rings. The second-order valence-corrected chi connectivity index (χ2v) is 22.8. The van der Waals surface area contributed by atoms with Crippen LogP contribution in [0.5, 0.6) is 0 Å². The Morgan fingerprint density at radius 2 is 0.963 bits per heavy atom. The van der Waals surface area contributed by atoms with E-state index in [0.29, 0.717) is 12.8 Å². The number of esters is 3. The number of benzene rings is 3. The molecule has 1 aliphatic heterocycles. The third-order valence-corrected chi connectivity index (χ3v) is 14.9. The van der Waals surface area contributed by atoms with Gasteiger partial charge in [-0.15, -0.1) is 0 Å². The predicted molar refractivity (Wildman–Crippen MR) is 308 cm³/mol. The van der Waals surface area contributed by atoms with Crippen LogP contribution in [0.25, 0.3) is 0 Å². The van der Waals surface area contributed by atoms with Crippen LogP contribution in [-0.2, 0) is 57.6 Å². The van der Waals surface area contributed by atoms with Crippen LogP contribution in [0.3, 0.4) is 0 Å². The fourth-order valence-electron chi connectivity index (χ4n) is 9.53. The molecule has 1 aliphatic rings. The van der Waals surface area contributed by atoms with E-state index in [-0.39, 0.29) is 23.1 Å². The topological polar surface area (TPSA) is 254 Å². The molecule has 0 saturated carbocycles. The molecule has 3 aromatic carbocycles. The Morgan fingerprint density at radius 3 is 1.41 bits per heavy atom. The molecule has 0 spiro atoms. The molecule has 0 aliphatic carbocycles. The minimum absolute atomic E-state index is 0.0254. The summed E-state index contributed by atoms with van der Waals surface area (Å²) in [4.78, 5) is 55.8. The summed E-state index contributed by atoms with van der Waals surface area (Å²) in [5.41, 5.74) is 0.125. The largest absolute Gasteiger partial charge is 0.452 e. The monoisotopic (exact) mass is 1170 g/mol. The van der Waals surface area contributed by atoms with E-state index in [9.17, 15) is 45.1 Å². The number of rotatable bonds is 43. The van der Waals surface area contributed by atoms with E-state index in [1.807, 2.05) is 6.08 Å². The zero-order valence-electron chi connectivity index (χ0n) is 47.5. The van der Waals surface area contributed by atoms with Gasteiger partial charge in [0.25, 0.3) is 0 Å². The summed E-state index contributed by atoms with van der Waals surface area (Å²) < 4.78 is 109. The van der Waals surface area contributed by atoms with Gasteiger partial charge in [-0.3, -0.25) is 13.9 Å². The Bertz CT molecular complexity index is 2480. The molecule has 0 radical (unpaired) electrons. The number of carbonyl (C=O) groups is 4. The van der Waals surface area contributed by atoms with Crippen molar-refractivity contribution in [2.24, 2.45) is 0 Å². The van der Waals surface area contributed by atoms with Gasteiger partial charge in [0.15, 0.2) is 18.5 Å². The van der Waals surface area contributed by atoms with Gasteiger partial charge in [0.1, 0.15) is 18.3 Å². The zero-order chi connectivity index (χ0) is 58.6. The van der Waals surface area contributed by atoms with Crippen molar-refractivity contribution in [1.82, 2.24) is 5.32 Å². The van der Waals surface area contributed by atoms with Crippen LogP contribution >= 0.6 is 0 Å². The molecule has 1 heterocycles. The summed E-state index contributed by atoms with van der Waals surface area (Å²) >= 11 is 0. The summed E-state index contributed by atoms with van der Waals surface area (Å²) in [5, 5.41) is 2.98. The molecule has 0 bridgehead atoms. The smallest absolute Gasteiger partial charge is 0.397 e. The fourth-order valence-corrected chi connectivity index (χ4v) is 10.3. The lowest BCUT2D eigenvalue weighted by Crippen LogP contribution is -2.63. The van der Waals surface area contributed by atoms with E-state index in [0.717, 1.165) is 51.4 Å². The van der Waals surface area contributed by atoms with Gasteiger partial charge in [-0.1, -0.05) is 216 Å². The summed E-state index contributed by atoms with van der Waals surface area (Å²) in [6, 6.07) is 21.9. The first-order valence-corrected chi connectivity index (χ1v) is 32.1. The molecule has 4 rings (SSSR count). The van der Waals surface area contributed by atoms with Gasteiger partial charge in [-0.25, -0.2) is 22.7 Å². The maximum absolute atomic E-state index is 14.1. The van der Waals surface area contributed by atoms with Crippen molar-refractivity contribution in [2.45, 2.75) is 224 Å². The van der Waals surface area contributed by atoms with Gasteiger partial charge in [0.2, 0.25) is 5.91 Å². The highest BCUT2D eigenvalue weighted by molar-refractivity contribution is 7.81. The number of nitrogens with one attached hydrogen (secondary N) is 1. The average molecular weight is 1170 g/mol. The standard InChI is InChI=1S/C61H89NO17S2/c1-3-5-7-9-11-13-15-17-19-21-23-25-36-44-52(75-58(64)48-38-30-27-31-39-48)51(62-54(63)45-37-26-24-22-20-18-16-14-12-10-8-6-4-2)46-73-61-57(78-60(66)50-42-34-29-35-43-50)56(77-59(65)49-40-32-28-33-41-49)55(79-81(70,71)72)53(76-61)47-74-80(67,68)69/h27-36,38-44,51-53,55-57,61H,3-26,37,45-47H2,1-2H3,(H,62,63)(H,67,68,69)(H,70,71,72)/b44-36+/t51-,52+,53+,55+,56-,57+,61-/m0/s1. The van der Waals surface area contributed by atoms with Crippen molar-refractivity contribution in [2.75, 3.05) is 13.2 Å².